The lowest BCUT2D eigenvalue weighted by Crippen LogP contribution is -2.23. The topological polar surface area (TPSA) is 103 Å². The van der Waals surface area contributed by atoms with Gasteiger partial charge < -0.3 is 10.1 Å². The Kier molecular flexibility index (Phi) is 6.29. The van der Waals surface area contributed by atoms with Gasteiger partial charge in [0.05, 0.1) is 22.0 Å². The first-order valence-corrected chi connectivity index (χ1v) is 11.5. The maximum atomic E-state index is 13.1. The van der Waals surface area contributed by atoms with E-state index in [1.54, 1.807) is 71.5 Å². The molecule has 2 heterocycles. The summed E-state index contributed by atoms with van der Waals surface area (Å²) in [6.45, 7) is 2.85. The number of carbonyl (C=O) groups is 1. The fourth-order valence-corrected chi connectivity index (χ4v) is 4.71. The first-order chi connectivity index (χ1) is 15.5. The number of hydrogen-bond acceptors (Lipinski definition) is 6. The SMILES string of the molecule is CCOCc1ccccc1S(=O)(=O)c1ccc(CNC(=O)c2cnc3nccn3c2)cc1. The molecule has 0 aliphatic rings. The molecule has 4 aromatic rings. The summed E-state index contributed by atoms with van der Waals surface area (Å²) < 4.78 is 33.3. The largest absolute Gasteiger partial charge is 0.377 e. The van der Waals surface area contributed by atoms with Crippen LogP contribution in [0.3, 0.4) is 0 Å². The van der Waals surface area contributed by atoms with Crippen LogP contribution in [0.2, 0.25) is 0 Å². The molecule has 0 radical (unpaired) electrons. The molecule has 0 spiro atoms. The normalized spacial score (nSPS) is 11.5. The predicted octanol–water partition coefficient (Wildman–Crippen LogP) is 3.03. The van der Waals surface area contributed by atoms with Crippen molar-refractivity contribution in [2.75, 3.05) is 6.61 Å². The van der Waals surface area contributed by atoms with E-state index in [4.69, 9.17) is 4.74 Å². The number of benzene rings is 2. The van der Waals surface area contributed by atoms with Crippen LogP contribution in [0, 0.1) is 0 Å². The van der Waals surface area contributed by atoms with E-state index in [1.165, 1.54) is 6.20 Å². The number of rotatable bonds is 8. The van der Waals surface area contributed by atoms with E-state index in [1.807, 2.05) is 6.92 Å². The summed E-state index contributed by atoms with van der Waals surface area (Å²) in [6, 6.07) is 13.3. The van der Waals surface area contributed by atoms with Gasteiger partial charge in [0.1, 0.15) is 0 Å². The lowest BCUT2D eigenvalue weighted by atomic mass is 10.2. The number of fused-ring (bicyclic) bond motifs is 1. The summed E-state index contributed by atoms with van der Waals surface area (Å²) in [6.07, 6.45) is 6.44. The molecule has 8 nitrogen and oxygen atoms in total. The van der Waals surface area contributed by atoms with Gasteiger partial charge in [-0.2, -0.15) is 0 Å². The molecule has 164 valence electrons. The van der Waals surface area contributed by atoms with Crippen LogP contribution in [0.15, 0.2) is 83.1 Å². The van der Waals surface area contributed by atoms with Crippen LogP contribution >= 0.6 is 0 Å². The third kappa shape index (κ3) is 4.53. The zero-order valence-electron chi connectivity index (χ0n) is 17.4. The average Bonchev–Trinajstić information content (AvgIpc) is 3.29. The molecule has 4 rings (SSSR count). The van der Waals surface area contributed by atoms with E-state index in [0.29, 0.717) is 23.5 Å². The third-order valence-electron chi connectivity index (χ3n) is 4.92. The summed E-state index contributed by atoms with van der Waals surface area (Å²) >= 11 is 0. The summed E-state index contributed by atoms with van der Waals surface area (Å²) in [5, 5.41) is 2.82. The summed E-state index contributed by atoms with van der Waals surface area (Å²) in [7, 11) is -3.69. The Labute approximate surface area is 185 Å². The molecular weight excluding hydrogens is 428 g/mol. The van der Waals surface area contributed by atoms with Gasteiger partial charge in [0.25, 0.3) is 5.91 Å². The monoisotopic (exact) mass is 450 g/mol. The Morgan fingerprint density at radius 1 is 1.09 bits per heavy atom. The highest BCUT2D eigenvalue weighted by molar-refractivity contribution is 7.91. The second kappa shape index (κ2) is 9.29. The quantitative estimate of drug-likeness (QED) is 0.443. The highest BCUT2D eigenvalue weighted by Crippen LogP contribution is 2.25. The van der Waals surface area contributed by atoms with Gasteiger partial charge in [-0.15, -0.1) is 0 Å². The molecule has 1 N–H and O–H groups in total. The molecule has 0 aliphatic carbocycles. The van der Waals surface area contributed by atoms with Gasteiger partial charge in [-0.25, -0.2) is 18.4 Å². The first-order valence-electron chi connectivity index (χ1n) is 10.1. The standard InChI is InChI=1S/C23H22N4O4S/c1-2-31-16-18-5-3-4-6-21(18)32(29,30)20-9-7-17(8-10-20)13-25-22(28)19-14-26-23-24-11-12-27(23)15-19/h3-12,14-15H,2,13,16H2,1H3,(H,25,28). The maximum Gasteiger partial charge on any atom is 0.254 e. The second-order valence-corrected chi connectivity index (χ2v) is 8.97. The Morgan fingerprint density at radius 2 is 1.88 bits per heavy atom. The van der Waals surface area contributed by atoms with E-state index in [9.17, 15) is 13.2 Å². The highest BCUT2D eigenvalue weighted by atomic mass is 32.2. The number of ether oxygens (including phenoxy) is 1. The van der Waals surface area contributed by atoms with Crippen LogP contribution < -0.4 is 5.32 Å². The van der Waals surface area contributed by atoms with Crippen LogP contribution in [0.5, 0.6) is 0 Å². The fraction of sp³-hybridized carbons (Fsp3) is 0.174. The zero-order chi connectivity index (χ0) is 22.6. The Hall–Kier alpha value is -3.56. The van der Waals surface area contributed by atoms with E-state index < -0.39 is 9.84 Å². The molecule has 0 saturated heterocycles. The molecule has 9 heteroatoms. The molecular formula is C23H22N4O4S. The highest BCUT2D eigenvalue weighted by Gasteiger charge is 2.21. The summed E-state index contributed by atoms with van der Waals surface area (Å²) in [4.78, 5) is 21.0. The summed E-state index contributed by atoms with van der Waals surface area (Å²) in [5.74, 6) is 0.232. The van der Waals surface area contributed by atoms with Crippen LogP contribution in [0.1, 0.15) is 28.4 Å². The van der Waals surface area contributed by atoms with Crippen LogP contribution in [0.4, 0.5) is 0 Å². The molecule has 0 atom stereocenters. The van der Waals surface area contributed by atoms with Crippen molar-refractivity contribution in [3.63, 3.8) is 0 Å². The van der Waals surface area contributed by atoms with Crippen molar-refractivity contribution in [2.45, 2.75) is 29.9 Å². The van der Waals surface area contributed by atoms with Crippen molar-refractivity contribution in [3.05, 3.63) is 90.0 Å². The van der Waals surface area contributed by atoms with E-state index in [-0.39, 0.29) is 28.8 Å². The Morgan fingerprint density at radius 3 is 2.66 bits per heavy atom. The number of sulfone groups is 1. The van der Waals surface area contributed by atoms with E-state index >= 15 is 0 Å². The zero-order valence-corrected chi connectivity index (χ0v) is 18.2. The number of nitrogens with one attached hydrogen (secondary N) is 1. The van der Waals surface area contributed by atoms with E-state index in [2.05, 4.69) is 15.3 Å². The fourth-order valence-electron chi connectivity index (χ4n) is 3.23. The van der Waals surface area contributed by atoms with E-state index in [0.717, 1.165) is 5.56 Å². The van der Waals surface area contributed by atoms with Crippen molar-refractivity contribution < 1.29 is 17.9 Å². The van der Waals surface area contributed by atoms with Crippen LogP contribution in [0.25, 0.3) is 5.78 Å². The van der Waals surface area contributed by atoms with Crippen molar-refractivity contribution in [2.24, 2.45) is 0 Å². The first kappa shape index (κ1) is 21.7. The predicted molar refractivity (Wildman–Crippen MR) is 118 cm³/mol. The minimum Gasteiger partial charge on any atom is -0.377 e. The second-order valence-electron chi connectivity index (χ2n) is 7.05. The smallest absolute Gasteiger partial charge is 0.254 e. The van der Waals surface area contributed by atoms with Crippen LogP contribution in [-0.2, 0) is 27.7 Å². The Balaban J connectivity index is 1.46. The molecule has 2 aromatic heterocycles. The molecule has 32 heavy (non-hydrogen) atoms. The lowest BCUT2D eigenvalue weighted by Gasteiger charge is -2.11. The van der Waals surface area contributed by atoms with Gasteiger partial charge in [0.2, 0.25) is 15.6 Å². The molecule has 0 saturated carbocycles. The minimum absolute atomic E-state index is 0.186. The molecule has 0 unspecified atom stereocenters. The molecule has 0 fully saturated rings. The average molecular weight is 451 g/mol. The van der Waals surface area contributed by atoms with Gasteiger partial charge in [0, 0.05) is 37.9 Å². The van der Waals surface area contributed by atoms with Crippen molar-refractivity contribution in [1.82, 2.24) is 19.7 Å². The van der Waals surface area contributed by atoms with Gasteiger partial charge >= 0.3 is 0 Å². The minimum atomic E-state index is -3.69. The summed E-state index contributed by atoms with van der Waals surface area (Å²) in [5.41, 5.74) is 1.80. The van der Waals surface area contributed by atoms with Crippen molar-refractivity contribution in [1.29, 1.82) is 0 Å². The maximum absolute atomic E-state index is 13.1. The Bertz CT molecular complexity index is 1350. The number of carbonyl (C=O) groups excluding carboxylic acids is 1. The number of aromatic nitrogens is 3. The van der Waals surface area contributed by atoms with Crippen molar-refractivity contribution >= 4 is 21.5 Å². The molecule has 1 amide bonds. The van der Waals surface area contributed by atoms with Gasteiger partial charge in [-0.05, 0) is 36.2 Å². The van der Waals surface area contributed by atoms with Crippen LogP contribution in [-0.4, -0.2) is 35.3 Å². The van der Waals surface area contributed by atoms with Gasteiger partial charge in [-0.1, -0.05) is 30.3 Å². The molecule has 2 aromatic carbocycles. The molecule has 0 aliphatic heterocycles. The van der Waals surface area contributed by atoms with Gasteiger partial charge in [0.15, 0.2) is 0 Å². The van der Waals surface area contributed by atoms with Gasteiger partial charge in [-0.3, -0.25) is 9.20 Å². The third-order valence-corrected chi connectivity index (χ3v) is 6.79. The number of amides is 1. The number of nitrogens with zero attached hydrogens (tertiary/aromatic N) is 3. The lowest BCUT2D eigenvalue weighted by molar-refractivity contribution is 0.0950. The van der Waals surface area contributed by atoms with Crippen molar-refractivity contribution in [3.8, 4) is 0 Å². The number of hydrogen-bond donors (Lipinski definition) is 1. The molecule has 0 bridgehead atoms. The number of imidazole rings is 1.